The number of ether oxygens (including phenoxy) is 3. The van der Waals surface area contributed by atoms with Crippen LogP contribution in [0.5, 0.6) is 0 Å². The highest BCUT2D eigenvalue weighted by molar-refractivity contribution is 5.47. The summed E-state index contributed by atoms with van der Waals surface area (Å²) in [6.07, 6.45) is 5.33. The molecule has 3 heteroatoms. The first-order valence-corrected chi connectivity index (χ1v) is 6.14. The molecule has 0 rings (SSSR count). The van der Waals surface area contributed by atoms with Gasteiger partial charge in [0.05, 0.1) is 26.6 Å². The molecule has 0 saturated carbocycles. The van der Waals surface area contributed by atoms with Crippen LogP contribution in [0.15, 0.2) is 59.8 Å². The maximum Gasteiger partial charge on any atom is 0.130 e. The van der Waals surface area contributed by atoms with Gasteiger partial charge in [0.15, 0.2) is 0 Å². The van der Waals surface area contributed by atoms with Crippen LogP contribution < -0.4 is 0 Å². The number of rotatable bonds is 8. The Hall–Kier alpha value is -1.90. The molecule has 0 aromatic carbocycles. The van der Waals surface area contributed by atoms with Gasteiger partial charge in [0, 0.05) is 11.6 Å². The van der Waals surface area contributed by atoms with E-state index in [1.54, 1.807) is 26.4 Å². The maximum atomic E-state index is 5.41. The molecule has 0 bridgehead atoms. The van der Waals surface area contributed by atoms with Crippen molar-refractivity contribution in [3.05, 3.63) is 59.8 Å². The van der Waals surface area contributed by atoms with Crippen LogP contribution in [0, 0.1) is 0 Å². The predicted octanol–water partition coefficient (Wildman–Crippen LogP) is 4.12. The molecule has 0 saturated heterocycles. The minimum absolute atomic E-state index is 0.553. The lowest BCUT2D eigenvalue weighted by atomic mass is 10.0. The molecule has 0 aromatic rings. The highest BCUT2D eigenvalue weighted by Gasteiger charge is 2.11. The van der Waals surface area contributed by atoms with Gasteiger partial charge < -0.3 is 14.2 Å². The predicted molar refractivity (Wildman–Crippen MR) is 79.5 cm³/mol. The first-order chi connectivity index (χ1) is 9.01. The summed E-state index contributed by atoms with van der Waals surface area (Å²) in [7, 11) is 3.25. The maximum absolute atomic E-state index is 5.41. The van der Waals surface area contributed by atoms with Crippen molar-refractivity contribution in [3.63, 3.8) is 0 Å². The fourth-order valence-electron chi connectivity index (χ4n) is 1.47. The van der Waals surface area contributed by atoms with Crippen molar-refractivity contribution in [2.75, 3.05) is 20.8 Å². The third kappa shape index (κ3) is 5.51. The van der Waals surface area contributed by atoms with Crippen LogP contribution in [0.2, 0.25) is 0 Å². The first kappa shape index (κ1) is 17.1. The van der Waals surface area contributed by atoms with Gasteiger partial charge in [-0.3, -0.25) is 0 Å². The molecule has 19 heavy (non-hydrogen) atoms. The molecule has 0 aromatic heterocycles. The number of hydrogen-bond donors (Lipinski definition) is 0. The normalized spacial score (nSPS) is 13.5. The topological polar surface area (TPSA) is 27.7 Å². The van der Waals surface area contributed by atoms with E-state index in [1.807, 2.05) is 26.8 Å². The molecule has 0 spiro atoms. The van der Waals surface area contributed by atoms with Crippen LogP contribution in [0.1, 0.15) is 20.8 Å². The molecule has 0 N–H and O–H groups in total. The van der Waals surface area contributed by atoms with Gasteiger partial charge in [0.1, 0.15) is 11.5 Å². The molecule has 3 nitrogen and oxygen atoms in total. The highest BCUT2D eigenvalue weighted by Crippen LogP contribution is 2.24. The summed E-state index contributed by atoms with van der Waals surface area (Å²) in [5, 5.41) is 0. The molecule has 0 aliphatic heterocycles. The van der Waals surface area contributed by atoms with E-state index in [-0.39, 0.29) is 0 Å². The van der Waals surface area contributed by atoms with Gasteiger partial charge in [-0.05, 0) is 26.3 Å². The van der Waals surface area contributed by atoms with Crippen LogP contribution in [-0.4, -0.2) is 20.8 Å². The van der Waals surface area contributed by atoms with Gasteiger partial charge in [-0.1, -0.05) is 25.3 Å². The molecular formula is C16H24O3. The molecule has 0 atom stereocenters. The van der Waals surface area contributed by atoms with Crippen LogP contribution in [-0.2, 0) is 14.2 Å². The number of allylic oxidation sites excluding steroid dienone is 5. The number of methoxy groups -OCH3 is 2. The van der Waals surface area contributed by atoms with Crippen LogP contribution >= 0.6 is 0 Å². The Labute approximate surface area is 116 Å². The van der Waals surface area contributed by atoms with Crippen molar-refractivity contribution >= 4 is 0 Å². The summed E-state index contributed by atoms with van der Waals surface area (Å²) in [5.74, 6) is 2.03. The van der Waals surface area contributed by atoms with E-state index in [1.165, 1.54) is 0 Å². The lowest BCUT2D eigenvalue weighted by Gasteiger charge is -2.14. The van der Waals surface area contributed by atoms with Crippen molar-refractivity contribution in [2.45, 2.75) is 20.8 Å². The van der Waals surface area contributed by atoms with Crippen molar-refractivity contribution in [3.8, 4) is 0 Å². The SMILES string of the molecule is C=C/C=C(C(=C\C(=C)OCC)/OC)\C(C)=C(/C)OC. The third-order valence-electron chi connectivity index (χ3n) is 2.63. The third-order valence-corrected chi connectivity index (χ3v) is 2.63. The largest absolute Gasteiger partial charge is 0.501 e. The summed E-state index contributed by atoms with van der Waals surface area (Å²) in [6.45, 7) is 13.9. The number of hydrogen-bond acceptors (Lipinski definition) is 3. The second-order valence-corrected chi connectivity index (χ2v) is 3.81. The van der Waals surface area contributed by atoms with E-state index in [9.17, 15) is 0 Å². The molecule has 0 fully saturated rings. The van der Waals surface area contributed by atoms with Gasteiger partial charge in [-0.2, -0.15) is 0 Å². The molecule has 0 aliphatic rings. The minimum atomic E-state index is 0.553. The molecule has 106 valence electrons. The minimum Gasteiger partial charge on any atom is -0.501 e. The summed E-state index contributed by atoms with van der Waals surface area (Å²) < 4.78 is 16.0. The van der Waals surface area contributed by atoms with Crippen molar-refractivity contribution in [1.82, 2.24) is 0 Å². The average Bonchev–Trinajstić information content (AvgIpc) is 2.41. The zero-order valence-corrected chi connectivity index (χ0v) is 12.6. The quantitative estimate of drug-likeness (QED) is 0.487. The zero-order valence-electron chi connectivity index (χ0n) is 12.6. The van der Waals surface area contributed by atoms with E-state index in [0.717, 1.165) is 16.9 Å². The first-order valence-electron chi connectivity index (χ1n) is 6.14. The zero-order chi connectivity index (χ0) is 14.8. The Kier molecular flexibility index (Phi) is 8.18. The van der Waals surface area contributed by atoms with Gasteiger partial charge in [-0.15, -0.1) is 0 Å². The fourth-order valence-corrected chi connectivity index (χ4v) is 1.47. The Morgan fingerprint density at radius 3 is 2.21 bits per heavy atom. The van der Waals surface area contributed by atoms with E-state index >= 15 is 0 Å². The van der Waals surface area contributed by atoms with Gasteiger partial charge in [0.25, 0.3) is 0 Å². The Morgan fingerprint density at radius 2 is 1.79 bits per heavy atom. The summed E-state index contributed by atoms with van der Waals surface area (Å²) in [5.41, 5.74) is 1.86. The van der Waals surface area contributed by atoms with Crippen molar-refractivity contribution in [1.29, 1.82) is 0 Å². The summed E-state index contributed by atoms with van der Waals surface area (Å²) in [4.78, 5) is 0. The summed E-state index contributed by atoms with van der Waals surface area (Å²) >= 11 is 0. The molecule has 0 aliphatic carbocycles. The molecular weight excluding hydrogens is 240 g/mol. The second-order valence-electron chi connectivity index (χ2n) is 3.81. The Bertz CT molecular complexity index is 412. The Morgan fingerprint density at radius 1 is 1.16 bits per heavy atom. The lowest BCUT2D eigenvalue weighted by molar-refractivity contribution is 0.237. The molecule has 0 heterocycles. The average molecular weight is 264 g/mol. The smallest absolute Gasteiger partial charge is 0.130 e. The van der Waals surface area contributed by atoms with E-state index < -0.39 is 0 Å². The van der Waals surface area contributed by atoms with Crippen LogP contribution in [0.3, 0.4) is 0 Å². The van der Waals surface area contributed by atoms with E-state index in [0.29, 0.717) is 18.1 Å². The van der Waals surface area contributed by atoms with Crippen molar-refractivity contribution < 1.29 is 14.2 Å². The van der Waals surface area contributed by atoms with Gasteiger partial charge >= 0.3 is 0 Å². The standard InChI is InChI=1S/C16H24O3/c1-8-10-15(13(4)14(5)17-6)16(18-7)11-12(3)19-9-2/h8,10-11H,1,3,9H2,2,4-7H3/b14-13+,15-10+,16-11+. The lowest BCUT2D eigenvalue weighted by Crippen LogP contribution is -2.00. The second kappa shape index (κ2) is 9.09. The van der Waals surface area contributed by atoms with E-state index in [4.69, 9.17) is 14.2 Å². The van der Waals surface area contributed by atoms with Crippen molar-refractivity contribution in [2.24, 2.45) is 0 Å². The molecule has 0 unspecified atom stereocenters. The van der Waals surface area contributed by atoms with E-state index in [2.05, 4.69) is 13.2 Å². The van der Waals surface area contributed by atoms with Gasteiger partial charge in [-0.25, -0.2) is 0 Å². The monoisotopic (exact) mass is 264 g/mol. The van der Waals surface area contributed by atoms with Gasteiger partial charge in [0.2, 0.25) is 0 Å². The molecule has 0 amide bonds. The highest BCUT2D eigenvalue weighted by atomic mass is 16.5. The molecule has 0 radical (unpaired) electrons. The van der Waals surface area contributed by atoms with Crippen LogP contribution in [0.25, 0.3) is 0 Å². The Balaban J connectivity index is 5.55. The van der Waals surface area contributed by atoms with Crippen LogP contribution in [0.4, 0.5) is 0 Å². The fraction of sp³-hybridized carbons (Fsp3) is 0.375. The summed E-state index contributed by atoms with van der Waals surface area (Å²) in [6, 6.07) is 0.